The lowest BCUT2D eigenvalue weighted by Crippen LogP contribution is -2.43. The summed E-state index contributed by atoms with van der Waals surface area (Å²) < 4.78 is 2.18. The molecule has 2 aliphatic rings. The number of nitrogens with one attached hydrogen (secondary N) is 1. The van der Waals surface area contributed by atoms with Crippen LogP contribution in [0.3, 0.4) is 0 Å². The number of aryl methyl sites for hydroxylation is 2. The number of rotatable bonds is 2. The lowest BCUT2D eigenvalue weighted by Gasteiger charge is -2.26. The number of imidazole rings is 1. The maximum Gasteiger partial charge on any atom is 0.228 e. The number of benzene rings is 1. The van der Waals surface area contributed by atoms with Crippen LogP contribution in [0.15, 0.2) is 35.4 Å². The second-order valence-corrected chi connectivity index (χ2v) is 7.16. The minimum Gasteiger partial charge on any atom is -0.351 e. The van der Waals surface area contributed by atoms with Crippen LogP contribution in [0.25, 0.3) is 0 Å². The third-order valence-electron chi connectivity index (χ3n) is 4.48. The molecule has 22 heavy (non-hydrogen) atoms. The minimum absolute atomic E-state index is 0.00730. The summed E-state index contributed by atoms with van der Waals surface area (Å²) >= 11 is 1.78. The van der Waals surface area contributed by atoms with Gasteiger partial charge in [-0.2, -0.15) is 0 Å². The molecule has 5 heteroatoms. The van der Waals surface area contributed by atoms with E-state index in [1.54, 1.807) is 11.8 Å². The molecule has 4 nitrogen and oxygen atoms in total. The van der Waals surface area contributed by atoms with Gasteiger partial charge in [0.25, 0.3) is 0 Å². The first-order chi connectivity index (χ1) is 10.7. The zero-order chi connectivity index (χ0) is 15.1. The topological polar surface area (TPSA) is 46.9 Å². The molecule has 1 aromatic heterocycles. The second kappa shape index (κ2) is 5.47. The highest BCUT2D eigenvalue weighted by Crippen LogP contribution is 2.39. The van der Waals surface area contributed by atoms with Gasteiger partial charge in [0, 0.05) is 35.9 Å². The van der Waals surface area contributed by atoms with Crippen LogP contribution in [0.1, 0.15) is 29.4 Å². The van der Waals surface area contributed by atoms with E-state index in [4.69, 9.17) is 0 Å². The highest BCUT2D eigenvalue weighted by molar-refractivity contribution is 7.99. The molecule has 2 aromatic rings. The van der Waals surface area contributed by atoms with E-state index in [1.165, 1.54) is 10.5 Å². The quantitative estimate of drug-likeness (QED) is 0.927. The van der Waals surface area contributed by atoms with Crippen molar-refractivity contribution in [2.75, 3.05) is 5.75 Å². The standard InChI is InChI=1S/C17H19N3OS/c1-11-8-20-9-12(6-7-16(20)18-11)19-17(21)14-10-22-15-5-3-2-4-13(14)15/h2-5,8,12,14H,6-7,9-10H2,1H3,(H,19,21)/t12-,14+/m1/s1. The fraction of sp³-hybridized carbons (Fsp3) is 0.412. The molecule has 0 saturated heterocycles. The Morgan fingerprint density at radius 3 is 3.18 bits per heavy atom. The van der Waals surface area contributed by atoms with E-state index >= 15 is 0 Å². The zero-order valence-corrected chi connectivity index (χ0v) is 13.4. The molecule has 2 atom stereocenters. The van der Waals surface area contributed by atoms with Gasteiger partial charge in [-0.1, -0.05) is 18.2 Å². The third-order valence-corrected chi connectivity index (χ3v) is 5.66. The molecule has 1 amide bonds. The van der Waals surface area contributed by atoms with Gasteiger partial charge in [-0.25, -0.2) is 4.98 Å². The Kier molecular flexibility index (Phi) is 3.45. The number of carbonyl (C=O) groups is 1. The van der Waals surface area contributed by atoms with Crippen LogP contribution in [0, 0.1) is 6.92 Å². The van der Waals surface area contributed by atoms with Gasteiger partial charge in [0.2, 0.25) is 5.91 Å². The van der Waals surface area contributed by atoms with Crippen molar-refractivity contribution in [1.82, 2.24) is 14.9 Å². The van der Waals surface area contributed by atoms with E-state index in [9.17, 15) is 4.79 Å². The van der Waals surface area contributed by atoms with Gasteiger partial charge in [-0.3, -0.25) is 4.79 Å². The van der Waals surface area contributed by atoms with Crippen molar-refractivity contribution < 1.29 is 4.79 Å². The van der Waals surface area contributed by atoms with Gasteiger partial charge in [0.1, 0.15) is 5.82 Å². The van der Waals surface area contributed by atoms with Crippen molar-refractivity contribution >= 4 is 17.7 Å². The molecule has 4 rings (SSSR count). The molecule has 0 unspecified atom stereocenters. The summed E-state index contributed by atoms with van der Waals surface area (Å²) in [6.07, 6.45) is 3.99. The molecular weight excluding hydrogens is 294 g/mol. The zero-order valence-electron chi connectivity index (χ0n) is 12.6. The van der Waals surface area contributed by atoms with Gasteiger partial charge < -0.3 is 9.88 Å². The van der Waals surface area contributed by atoms with E-state index in [0.29, 0.717) is 0 Å². The van der Waals surface area contributed by atoms with Crippen LogP contribution in [0.2, 0.25) is 0 Å². The normalized spacial score (nSPS) is 23.0. The largest absolute Gasteiger partial charge is 0.351 e. The van der Waals surface area contributed by atoms with Crippen LogP contribution in [0.5, 0.6) is 0 Å². The number of fused-ring (bicyclic) bond motifs is 2. The molecule has 1 aromatic carbocycles. The van der Waals surface area contributed by atoms with Crippen molar-refractivity contribution in [3.8, 4) is 0 Å². The van der Waals surface area contributed by atoms with Crippen LogP contribution >= 0.6 is 11.8 Å². The van der Waals surface area contributed by atoms with Crippen molar-refractivity contribution in [2.24, 2.45) is 0 Å². The Morgan fingerprint density at radius 1 is 1.41 bits per heavy atom. The molecule has 0 radical (unpaired) electrons. The van der Waals surface area contributed by atoms with Gasteiger partial charge in [0.05, 0.1) is 11.6 Å². The average Bonchev–Trinajstić information content (AvgIpc) is 3.09. The fourth-order valence-electron chi connectivity index (χ4n) is 3.39. The van der Waals surface area contributed by atoms with E-state index in [-0.39, 0.29) is 17.9 Å². The summed E-state index contributed by atoms with van der Waals surface area (Å²) in [6.45, 7) is 2.86. The van der Waals surface area contributed by atoms with Crippen molar-refractivity contribution in [3.63, 3.8) is 0 Å². The number of hydrogen-bond donors (Lipinski definition) is 1. The SMILES string of the molecule is Cc1cn2c(n1)CC[C@@H](NC(=O)[C@H]1CSc3ccccc31)C2. The Hall–Kier alpha value is -1.75. The Balaban J connectivity index is 1.45. The van der Waals surface area contributed by atoms with Gasteiger partial charge in [-0.05, 0) is 25.0 Å². The van der Waals surface area contributed by atoms with Crippen LogP contribution < -0.4 is 5.32 Å². The van der Waals surface area contributed by atoms with Crippen molar-refractivity contribution in [3.05, 3.63) is 47.5 Å². The molecule has 114 valence electrons. The summed E-state index contributed by atoms with van der Waals surface area (Å²) in [6, 6.07) is 8.46. The molecule has 3 heterocycles. The molecular formula is C17H19N3OS. The first-order valence-corrected chi connectivity index (χ1v) is 8.74. The Bertz CT molecular complexity index is 724. The van der Waals surface area contributed by atoms with Gasteiger partial charge >= 0.3 is 0 Å². The highest BCUT2D eigenvalue weighted by atomic mass is 32.2. The molecule has 0 bridgehead atoms. The molecule has 0 saturated carbocycles. The molecule has 2 aliphatic heterocycles. The first-order valence-electron chi connectivity index (χ1n) is 7.75. The van der Waals surface area contributed by atoms with Gasteiger partial charge in [-0.15, -0.1) is 11.8 Å². The summed E-state index contributed by atoms with van der Waals surface area (Å²) in [7, 11) is 0. The van der Waals surface area contributed by atoms with Crippen LogP contribution in [-0.2, 0) is 17.8 Å². The Labute approximate surface area is 134 Å². The fourth-order valence-corrected chi connectivity index (χ4v) is 4.61. The predicted octanol–water partition coefficient (Wildman–Crippen LogP) is 2.51. The summed E-state index contributed by atoms with van der Waals surface area (Å²) in [4.78, 5) is 18.4. The lowest BCUT2D eigenvalue weighted by molar-refractivity contribution is -0.123. The minimum atomic E-state index is -0.00730. The van der Waals surface area contributed by atoms with Gasteiger partial charge in [0.15, 0.2) is 0 Å². The van der Waals surface area contributed by atoms with E-state index in [1.807, 2.05) is 19.1 Å². The van der Waals surface area contributed by atoms with Crippen molar-refractivity contribution in [2.45, 2.75) is 43.2 Å². The van der Waals surface area contributed by atoms with E-state index in [2.05, 4.69) is 33.2 Å². The smallest absolute Gasteiger partial charge is 0.228 e. The summed E-state index contributed by atoms with van der Waals surface area (Å²) in [5, 5.41) is 3.25. The predicted molar refractivity (Wildman–Crippen MR) is 87.1 cm³/mol. The summed E-state index contributed by atoms with van der Waals surface area (Å²) in [5.41, 5.74) is 2.24. The van der Waals surface area contributed by atoms with Crippen molar-refractivity contribution in [1.29, 1.82) is 0 Å². The summed E-state index contributed by atoms with van der Waals surface area (Å²) in [5.74, 6) is 2.16. The number of amides is 1. The number of nitrogens with zero attached hydrogens (tertiary/aromatic N) is 2. The van der Waals surface area contributed by atoms with E-state index in [0.717, 1.165) is 36.7 Å². The Morgan fingerprint density at radius 2 is 2.27 bits per heavy atom. The molecule has 0 fully saturated rings. The monoisotopic (exact) mass is 313 g/mol. The van der Waals surface area contributed by atoms with Crippen LogP contribution in [0.4, 0.5) is 0 Å². The highest BCUT2D eigenvalue weighted by Gasteiger charge is 2.31. The number of thioether (sulfide) groups is 1. The third kappa shape index (κ3) is 2.43. The number of carbonyl (C=O) groups excluding carboxylic acids is 1. The molecule has 1 N–H and O–H groups in total. The van der Waals surface area contributed by atoms with E-state index < -0.39 is 0 Å². The lowest BCUT2D eigenvalue weighted by atomic mass is 9.99. The average molecular weight is 313 g/mol. The van der Waals surface area contributed by atoms with Crippen LogP contribution in [-0.4, -0.2) is 27.3 Å². The first kappa shape index (κ1) is 13.9. The molecule has 0 spiro atoms. The maximum absolute atomic E-state index is 12.6. The molecule has 0 aliphatic carbocycles. The maximum atomic E-state index is 12.6. The number of aromatic nitrogens is 2. The second-order valence-electron chi connectivity index (χ2n) is 6.10. The number of hydrogen-bond acceptors (Lipinski definition) is 3.